The maximum atomic E-state index is 5.13. The van der Waals surface area contributed by atoms with Crippen molar-refractivity contribution in [3.8, 4) is 0 Å². The Kier molecular flexibility index (Phi) is 1.93. The summed E-state index contributed by atoms with van der Waals surface area (Å²) in [6.45, 7) is 2.08. The second kappa shape index (κ2) is 2.72. The first-order valence-electron chi connectivity index (χ1n) is 3.25. The molecule has 0 radical (unpaired) electrons. The van der Waals surface area contributed by atoms with Gasteiger partial charge >= 0.3 is 0 Å². The van der Waals surface area contributed by atoms with Gasteiger partial charge in [0, 0.05) is 6.42 Å². The van der Waals surface area contributed by atoms with E-state index in [9.17, 15) is 0 Å². The third kappa shape index (κ3) is 1.35. The normalized spacial score (nSPS) is 18.4. The highest BCUT2D eigenvalue weighted by Gasteiger charge is 2.02. The van der Waals surface area contributed by atoms with Crippen LogP contribution in [0.5, 0.6) is 0 Å². The highest BCUT2D eigenvalue weighted by molar-refractivity contribution is 5.23. The van der Waals surface area contributed by atoms with Crippen molar-refractivity contribution in [2.24, 2.45) is 0 Å². The van der Waals surface area contributed by atoms with Crippen LogP contribution in [0.25, 0.3) is 0 Å². The summed E-state index contributed by atoms with van der Waals surface area (Å²) >= 11 is 0. The molecule has 0 saturated heterocycles. The van der Waals surface area contributed by atoms with Crippen LogP contribution in [0.1, 0.15) is 19.8 Å². The van der Waals surface area contributed by atoms with E-state index in [0.29, 0.717) is 0 Å². The smallest absolute Gasteiger partial charge is 0.0987 e. The van der Waals surface area contributed by atoms with E-state index in [1.165, 1.54) is 5.57 Å². The quantitative estimate of drug-likeness (QED) is 0.521. The van der Waals surface area contributed by atoms with E-state index in [4.69, 9.17) is 4.74 Å². The highest BCUT2D eigenvalue weighted by atomic mass is 16.5. The fourth-order valence-electron chi connectivity index (χ4n) is 1.03. The Morgan fingerprint density at radius 3 is 2.78 bits per heavy atom. The monoisotopic (exact) mass is 124 g/mol. The number of allylic oxidation sites excluding steroid dienone is 4. The lowest BCUT2D eigenvalue weighted by molar-refractivity contribution is 0.273. The SMILES string of the molecule is COC1=C(C)C=CCC1. The third-order valence-corrected chi connectivity index (χ3v) is 1.59. The molecule has 1 aliphatic rings. The van der Waals surface area contributed by atoms with E-state index in [0.717, 1.165) is 18.6 Å². The van der Waals surface area contributed by atoms with Gasteiger partial charge in [-0.15, -0.1) is 0 Å². The Bertz CT molecular complexity index is 154. The van der Waals surface area contributed by atoms with Gasteiger partial charge < -0.3 is 4.74 Å². The number of ether oxygens (including phenoxy) is 1. The van der Waals surface area contributed by atoms with E-state index in [1.807, 2.05) is 0 Å². The van der Waals surface area contributed by atoms with Gasteiger partial charge in [0.2, 0.25) is 0 Å². The Labute approximate surface area is 56.0 Å². The van der Waals surface area contributed by atoms with Crippen molar-refractivity contribution in [2.45, 2.75) is 19.8 Å². The van der Waals surface area contributed by atoms with Crippen molar-refractivity contribution in [2.75, 3.05) is 7.11 Å². The van der Waals surface area contributed by atoms with E-state index < -0.39 is 0 Å². The van der Waals surface area contributed by atoms with Gasteiger partial charge in [0.15, 0.2) is 0 Å². The predicted molar refractivity (Wildman–Crippen MR) is 38.1 cm³/mol. The molecule has 50 valence electrons. The summed E-state index contributed by atoms with van der Waals surface area (Å²) in [6, 6.07) is 0. The van der Waals surface area contributed by atoms with E-state index >= 15 is 0 Å². The molecule has 0 amide bonds. The molecule has 0 aromatic rings. The molecule has 0 N–H and O–H groups in total. The van der Waals surface area contributed by atoms with E-state index in [1.54, 1.807) is 7.11 Å². The van der Waals surface area contributed by atoms with Crippen LogP contribution in [-0.4, -0.2) is 7.11 Å². The van der Waals surface area contributed by atoms with Gasteiger partial charge in [0.25, 0.3) is 0 Å². The maximum Gasteiger partial charge on any atom is 0.0987 e. The van der Waals surface area contributed by atoms with Gasteiger partial charge in [0.05, 0.1) is 12.9 Å². The summed E-state index contributed by atoms with van der Waals surface area (Å²) < 4.78 is 5.13. The van der Waals surface area contributed by atoms with Crippen molar-refractivity contribution in [1.82, 2.24) is 0 Å². The molecule has 1 heteroatoms. The van der Waals surface area contributed by atoms with Crippen molar-refractivity contribution in [1.29, 1.82) is 0 Å². The van der Waals surface area contributed by atoms with Crippen LogP contribution in [0.4, 0.5) is 0 Å². The fraction of sp³-hybridized carbons (Fsp3) is 0.500. The molecule has 0 aliphatic heterocycles. The van der Waals surface area contributed by atoms with Gasteiger partial charge in [-0.05, 0) is 18.9 Å². The second-order valence-corrected chi connectivity index (χ2v) is 2.25. The van der Waals surface area contributed by atoms with Crippen LogP contribution in [0.3, 0.4) is 0 Å². The molecule has 0 aromatic carbocycles. The van der Waals surface area contributed by atoms with Crippen LogP contribution >= 0.6 is 0 Å². The summed E-state index contributed by atoms with van der Waals surface area (Å²) in [5, 5.41) is 0. The van der Waals surface area contributed by atoms with Gasteiger partial charge in [0.1, 0.15) is 0 Å². The second-order valence-electron chi connectivity index (χ2n) is 2.25. The molecular weight excluding hydrogens is 112 g/mol. The van der Waals surface area contributed by atoms with Crippen LogP contribution in [0.2, 0.25) is 0 Å². The lowest BCUT2D eigenvalue weighted by Crippen LogP contribution is -1.93. The Hall–Kier alpha value is -0.720. The molecule has 0 atom stereocenters. The molecule has 0 aromatic heterocycles. The standard InChI is InChI=1S/C8H12O/c1-7-5-3-4-6-8(7)9-2/h3,5H,4,6H2,1-2H3. The number of hydrogen-bond acceptors (Lipinski definition) is 1. The summed E-state index contributed by atoms with van der Waals surface area (Å²) in [4.78, 5) is 0. The average Bonchev–Trinajstić information content (AvgIpc) is 1.89. The molecule has 9 heavy (non-hydrogen) atoms. The minimum Gasteiger partial charge on any atom is -0.501 e. The van der Waals surface area contributed by atoms with Crippen molar-refractivity contribution < 1.29 is 4.74 Å². The molecule has 0 heterocycles. The molecule has 1 nitrogen and oxygen atoms in total. The first kappa shape index (κ1) is 6.40. The van der Waals surface area contributed by atoms with Crippen molar-refractivity contribution in [3.05, 3.63) is 23.5 Å². The first-order chi connectivity index (χ1) is 4.34. The van der Waals surface area contributed by atoms with Crippen LogP contribution < -0.4 is 0 Å². The molecule has 0 saturated carbocycles. The minimum absolute atomic E-state index is 1.07. The molecule has 0 unspecified atom stereocenters. The fourth-order valence-corrected chi connectivity index (χ4v) is 1.03. The lowest BCUT2D eigenvalue weighted by atomic mass is 10.1. The zero-order valence-corrected chi connectivity index (χ0v) is 5.98. The lowest BCUT2D eigenvalue weighted by Gasteiger charge is -2.10. The van der Waals surface area contributed by atoms with Crippen molar-refractivity contribution in [3.63, 3.8) is 0 Å². The van der Waals surface area contributed by atoms with Gasteiger partial charge in [-0.2, -0.15) is 0 Å². The third-order valence-electron chi connectivity index (χ3n) is 1.59. The van der Waals surface area contributed by atoms with Crippen LogP contribution in [0, 0.1) is 0 Å². The molecule has 0 fully saturated rings. The summed E-state index contributed by atoms with van der Waals surface area (Å²) in [5.41, 5.74) is 1.27. The number of rotatable bonds is 1. The molecular formula is C8H12O. The van der Waals surface area contributed by atoms with Crippen LogP contribution in [0.15, 0.2) is 23.5 Å². The number of methoxy groups -OCH3 is 1. The van der Waals surface area contributed by atoms with Crippen LogP contribution in [-0.2, 0) is 4.74 Å². The largest absolute Gasteiger partial charge is 0.501 e. The zero-order valence-electron chi connectivity index (χ0n) is 5.98. The summed E-state index contributed by atoms with van der Waals surface area (Å²) in [5.74, 6) is 1.14. The Balaban J connectivity index is 2.72. The van der Waals surface area contributed by atoms with Crippen molar-refractivity contribution >= 4 is 0 Å². The Morgan fingerprint density at radius 2 is 2.33 bits per heavy atom. The number of hydrogen-bond donors (Lipinski definition) is 0. The first-order valence-corrected chi connectivity index (χ1v) is 3.25. The summed E-state index contributed by atoms with van der Waals surface area (Å²) in [6.07, 6.45) is 6.49. The van der Waals surface area contributed by atoms with Gasteiger partial charge in [-0.3, -0.25) is 0 Å². The highest BCUT2D eigenvalue weighted by Crippen LogP contribution is 2.17. The van der Waals surface area contributed by atoms with Gasteiger partial charge in [-0.25, -0.2) is 0 Å². The minimum atomic E-state index is 1.07. The predicted octanol–water partition coefficient (Wildman–Crippen LogP) is 2.26. The topological polar surface area (TPSA) is 9.23 Å². The molecule has 1 rings (SSSR count). The summed E-state index contributed by atoms with van der Waals surface area (Å²) in [7, 11) is 1.73. The Morgan fingerprint density at radius 1 is 1.56 bits per heavy atom. The van der Waals surface area contributed by atoms with E-state index in [2.05, 4.69) is 19.1 Å². The van der Waals surface area contributed by atoms with E-state index in [-0.39, 0.29) is 0 Å². The van der Waals surface area contributed by atoms with Gasteiger partial charge in [-0.1, -0.05) is 12.2 Å². The molecule has 1 aliphatic carbocycles. The average molecular weight is 124 g/mol. The molecule has 0 spiro atoms. The molecule has 0 bridgehead atoms. The zero-order chi connectivity index (χ0) is 6.69. The maximum absolute atomic E-state index is 5.13.